The fourth-order valence-corrected chi connectivity index (χ4v) is 10.2. The molecule has 0 spiro atoms. The highest BCUT2D eigenvalue weighted by molar-refractivity contribution is 6.11. The molecule has 0 fully saturated rings. The molecule has 3 aromatic heterocycles. The third-order valence-corrected chi connectivity index (χ3v) is 13.9. The molecule has 12 rings (SSSR count). The van der Waals surface area contributed by atoms with Gasteiger partial charge in [-0.2, -0.15) is 0 Å². The Hall–Kier alpha value is -7.63. The van der Waals surface area contributed by atoms with Gasteiger partial charge in [0.1, 0.15) is 0 Å². The van der Waals surface area contributed by atoms with Crippen LogP contribution in [0.15, 0.2) is 188 Å². The van der Waals surface area contributed by atoms with Crippen molar-refractivity contribution in [1.29, 1.82) is 0 Å². The molecule has 1 aliphatic rings. The summed E-state index contributed by atoms with van der Waals surface area (Å²) < 4.78 is 4.79. The number of hydrogen-bond acceptors (Lipinski definition) is 3. The van der Waals surface area contributed by atoms with Crippen molar-refractivity contribution in [2.24, 2.45) is 0 Å². The third-order valence-electron chi connectivity index (χ3n) is 13.9. The highest BCUT2D eigenvalue weighted by Gasteiger charge is 2.38. The lowest BCUT2D eigenvalue weighted by molar-refractivity contribution is 0.332. The lowest BCUT2D eigenvalue weighted by atomic mass is 9.63. The summed E-state index contributed by atoms with van der Waals surface area (Å²) in [5.74, 6) is 1.91. The fourth-order valence-electron chi connectivity index (χ4n) is 10.2. The van der Waals surface area contributed by atoms with Gasteiger partial charge in [0.2, 0.25) is 0 Å². The van der Waals surface area contributed by atoms with Crippen LogP contribution in [0.4, 0.5) is 0 Å². The largest absolute Gasteiger partial charge is 0.309 e. The van der Waals surface area contributed by atoms with Gasteiger partial charge in [0.05, 0.1) is 22.1 Å². The van der Waals surface area contributed by atoms with Crippen LogP contribution >= 0.6 is 0 Å². The summed E-state index contributed by atoms with van der Waals surface area (Å²) in [5, 5.41) is 5.04. The standard InChI is InChI=1S/C59H47N5/c1-58(2)33-34-59(3,4)50-37-54-48(36-49(50)58)46-20-12-14-22-52(46)64(54)44-30-25-41(26-31-44)57-61-55(39-17-9-6-10-18-39)60-56(62-57)40-23-28-43(29-24-40)63-51-21-13-11-19-45(51)47-35-42(27-32-53(47)63)38-15-7-5-8-16-38/h5-32,35-37H,33-34H2,1-4H3. The zero-order valence-electron chi connectivity index (χ0n) is 36.5. The Kier molecular flexibility index (Phi) is 8.61. The molecule has 0 aliphatic heterocycles. The molecule has 3 heterocycles. The summed E-state index contributed by atoms with van der Waals surface area (Å²) in [6.45, 7) is 9.62. The van der Waals surface area contributed by atoms with E-state index < -0.39 is 0 Å². The molecule has 5 nitrogen and oxygen atoms in total. The minimum atomic E-state index is 0.107. The van der Waals surface area contributed by atoms with Crippen LogP contribution in [-0.4, -0.2) is 24.1 Å². The first kappa shape index (κ1) is 38.1. The molecule has 0 saturated heterocycles. The van der Waals surface area contributed by atoms with E-state index in [9.17, 15) is 0 Å². The summed E-state index contributed by atoms with van der Waals surface area (Å²) in [7, 11) is 0. The quantitative estimate of drug-likeness (QED) is 0.168. The van der Waals surface area contributed by atoms with Crippen molar-refractivity contribution in [2.45, 2.75) is 51.4 Å². The number of fused-ring (bicyclic) bond motifs is 7. The van der Waals surface area contributed by atoms with Crippen molar-refractivity contribution in [1.82, 2.24) is 24.1 Å². The normalized spacial score (nSPS) is 14.4. The predicted molar refractivity (Wildman–Crippen MR) is 266 cm³/mol. The van der Waals surface area contributed by atoms with Crippen molar-refractivity contribution in [2.75, 3.05) is 0 Å². The van der Waals surface area contributed by atoms with Crippen molar-refractivity contribution in [3.05, 3.63) is 199 Å². The molecule has 0 bridgehead atoms. The molecule has 5 heteroatoms. The third kappa shape index (κ3) is 6.17. The number of benzene rings is 8. The van der Waals surface area contributed by atoms with Crippen LogP contribution in [0.25, 0.3) is 100 Å². The molecule has 64 heavy (non-hydrogen) atoms. The Morgan fingerprint density at radius 3 is 1.25 bits per heavy atom. The summed E-state index contributed by atoms with van der Waals surface area (Å²) in [6.07, 6.45) is 2.36. The minimum absolute atomic E-state index is 0.107. The van der Waals surface area contributed by atoms with E-state index in [4.69, 9.17) is 15.0 Å². The number of rotatable bonds is 6. The first-order valence-electron chi connectivity index (χ1n) is 22.4. The first-order valence-corrected chi connectivity index (χ1v) is 22.4. The van der Waals surface area contributed by atoms with Crippen LogP contribution < -0.4 is 0 Å². The van der Waals surface area contributed by atoms with Crippen LogP contribution in [0, 0.1) is 0 Å². The van der Waals surface area contributed by atoms with Crippen molar-refractivity contribution >= 4 is 43.6 Å². The zero-order valence-corrected chi connectivity index (χ0v) is 36.5. The first-order chi connectivity index (χ1) is 31.2. The highest BCUT2D eigenvalue weighted by atomic mass is 15.0. The Labute approximate surface area is 373 Å². The van der Waals surface area contributed by atoms with Gasteiger partial charge in [-0.05, 0) is 131 Å². The van der Waals surface area contributed by atoms with Crippen LogP contribution in [0.3, 0.4) is 0 Å². The SMILES string of the molecule is CC1(C)CCC(C)(C)c2cc3c(cc21)c1ccccc1n3-c1ccc(-c2nc(-c3ccccc3)nc(-c3ccc(-n4c5ccccc5c5cc(-c6ccccc6)ccc54)cc3)n2)cc1. The van der Waals surface area contributed by atoms with Crippen LogP contribution in [0.2, 0.25) is 0 Å². The maximum atomic E-state index is 5.16. The molecule has 1 aliphatic carbocycles. The topological polar surface area (TPSA) is 48.5 Å². The van der Waals surface area contributed by atoms with Gasteiger partial charge in [-0.1, -0.05) is 131 Å². The average molecular weight is 826 g/mol. The lowest BCUT2D eigenvalue weighted by Gasteiger charge is -2.42. The zero-order chi connectivity index (χ0) is 43.2. The molecule has 0 saturated carbocycles. The number of hydrogen-bond donors (Lipinski definition) is 0. The van der Waals surface area contributed by atoms with Gasteiger partial charge < -0.3 is 9.13 Å². The van der Waals surface area contributed by atoms with Gasteiger partial charge in [-0.25, -0.2) is 15.0 Å². The van der Waals surface area contributed by atoms with Crippen molar-refractivity contribution in [3.63, 3.8) is 0 Å². The summed E-state index contributed by atoms with van der Waals surface area (Å²) in [4.78, 5) is 15.3. The molecule has 308 valence electrons. The van der Waals surface area contributed by atoms with Gasteiger partial charge in [0.25, 0.3) is 0 Å². The van der Waals surface area contributed by atoms with Crippen LogP contribution in [0.5, 0.6) is 0 Å². The van der Waals surface area contributed by atoms with E-state index >= 15 is 0 Å². The molecule has 0 amide bonds. The average Bonchev–Trinajstić information content (AvgIpc) is 3.85. The summed E-state index contributed by atoms with van der Waals surface area (Å²) in [6, 6.07) is 67.4. The van der Waals surface area contributed by atoms with Gasteiger partial charge >= 0.3 is 0 Å². The second-order valence-corrected chi connectivity index (χ2v) is 18.8. The highest BCUT2D eigenvalue weighted by Crippen LogP contribution is 2.48. The van der Waals surface area contributed by atoms with Gasteiger partial charge in [-0.15, -0.1) is 0 Å². The van der Waals surface area contributed by atoms with Gasteiger partial charge in [-0.3, -0.25) is 0 Å². The minimum Gasteiger partial charge on any atom is -0.309 e. The Bertz CT molecular complexity index is 3580. The Morgan fingerprint density at radius 2 is 0.719 bits per heavy atom. The van der Waals surface area contributed by atoms with Crippen LogP contribution in [0.1, 0.15) is 51.7 Å². The smallest absolute Gasteiger partial charge is 0.164 e. The molecule has 8 aromatic carbocycles. The molecular weight excluding hydrogens is 779 g/mol. The second-order valence-electron chi connectivity index (χ2n) is 18.8. The lowest BCUT2D eigenvalue weighted by Crippen LogP contribution is -2.33. The maximum Gasteiger partial charge on any atom is 0.164 e. The van der Waals surface area contributed by atoms with E-state index in [0.29, 0.717) is 17.5 Å². The van der Waals surface area contributed by atoms with E-state index in [-0.39, 0.29) is 10.8 Å². The molecule has 0 N–H and O–H groups in total. The van der Waals surface area contributed by atoms with E-state index in [1.165, 1.54) is 78.7 Å². The summed E-state index contributed by atoms with van der Waals surface area (Å²) in [5.41, 5.74) is 15.4. The van der Waals surface area contributed by atoms with Crippen molar-refractivity contribution in [3.8, 4) is 56.7 Å². The van der Waals surface area contributed by atoms with Gasteiger partial charge in [0, 0.05) is 49.6 Å². The monoisotopic (exact) mass is 825 g/mol. The number of para-hydroxylation sites is 2. The number of nitrogens with zero attached hydrogens (tertiary/aromatic N) is 5. The second kappa shape index (κ2) is 14.5. The van der Waals surface area contributed by atoms with E-state index in [1.807, 2.05) is 18.2 Å². The molecule has 11 aromatic rings. The fraction of sp³-hybridized carbons (Fsp3) is 0.136. The predicted octanol–water partition coefficient (Wildman–Crippen LogP) is 15.1. The molecular formula is C59H47N5. The van der Waals surface area contributed by atoms with E-state index in [2.05, 4.69) is 207 Å². The van der Waals surface area contributed by atoms with E-state index in [1.54, 1.807) is 0 Å². The molecule has 0 unspecified atom stereocenters. The van der Waals surface area contributed by atoms with E-state index in [0.717, 1.165) is 28.1 Å². The maximum absolute atomic E-state index is 5.16. The van der Waals surface area contributed by atoms with Gasteiger partial charge in [0.15, 0.2) is 17.5 Å². The van der Waals surface area contributed by atoms with Crippen molar-refractivity contribution < 1.29 is 0 Å². The molecule has 0 radical (unpaired) electrons. The Morgan fingerprint density at radius 1 is 0.328 bits per heavy atom. The summed E-state index contributed by atoms with van der Waals surface area (Å²) >= 11 is 0. The number of aromatic nitrogens is 5. The Balaban J connectivity index is 0.945. The van der Waals surface area contributed by atoms with Crippen LogP contribution in [-0.2, 0) is 10.8 Å². The molecule has 0 atom stereocenters.